The number of carbonyl (C=O) groups is 3. The summed E-state index contributed by atoms with van der Waals surface area (Å²) in [6, 6.07) is -1.38. The van der Waals surface area contributed by atoms with Gasteiger partial charge in [-0.3, -0.25) is 14.9 Å². The van der Waals surface area contributed by atoms with Crippen LogP contribution in [0.5, 0.6) is 0 Å². The largest absolute Gasteiger partial charge is 0.354 e. The number of amides is 4. The minimum absolute atomic E-state index is 0.0609. The lowest BCUT2D eigenvalue weighted by molar-refractivity contribution is -0.123. The molecule has 0 aliphatic rings. The Balaban J connectivity index is 3.94. The standard InChI is InChI=1S/C10H18ClN3O3/c1-3-6-12-9(16)7(2)13-10(17)14-8(15)4-5-11/h7H,3-6H2,1-2H3,(H,12,16)(H2,13,14,15,17). The third-order valence-electron chi connectivity index (χ3n) is 1.86. The number of carbonyl (C=O) groups excluding carboxylic acids is 3. The monoisotopic (exact) mass is 263 g/mol. The Morgan fingerprint density at radius 3 is 2.47 bits per heavy atom. The van der Waals surface area contributed by atoms with Crippen molar-refractivity contribution in [1.29, 1.82) is 0 Å². The van der Waals surface area contributed by atoms with Crippen LogP contribution >= 0.6 is 11.6 Å². The predicted octanol–water partition coefficient (Wildman–Crippen LogP) is 0.356. The van der Waals surface area contributed by atoms with Crippen molar-refractivity contribution < 1.29 is 14.4 Å². The molecular formula is C10H18ClN3O3. The molecule has 0 aliphatic heterocycles. The first-order chi connectivity index (χ1) is 8.01. The number of urea groups is 1. The van der Waals surface area contributed by atoms with E-state index in [0.29, 0.717) is 6.54 Å². The first kappa shape index (κ1) is 15.7. The molecule has 7 heteroatoms. The zero-order valence-electron chi connectivity index (χ0n) is 10.0. The third-order valence-corrected chi connectivity index (χ3v) is 2.05. The molecule has 6 nitrogen and oxygen atoms in total. The molecule has 17 heavy (non-hydrogen) atoms. The van der Waals surface area contributed by atoms with Gasteiger partial charge in [0.1, 0.15) is 6.04 Å². The number of halogens is 1. The average molecular weight is 264 g/mol. The van der Waals surface area contributed by atoms with E-state index in [2.05, 4.69) is 16.0 Å². The van der Waals surface area contributed by atoms with Gasteiger partial charge in [-0.15, -0.1) is 11.6 Å². The van der Waals surface area contributed by atoms with E-state index >= 15 is 0 Å². The number of nitrogens with one attached hydrogen (secondary N) is 3. The van der Waals surface area contributed by atoms with Gasteiger partial charge in [-0.05, 0) is 13.3 Å². The van der Waals surface area contributed by atoms with Crippen molar-refractivity contribution in [3.63, 3.8) is 0 Å². The lowest BCUT2D eigenvalue weighted by Gasteiger charge is -2.13. The van der Waals surface area contributed by atoms with Crippen LogP contribution in [0.3, 0.4) is 0 Å². The Labute approximate surface area is 105 Å². The van der Waals surface area contributed by atoms with Gasteiger partial charge in [-0.1, -0.05) is 6.92 Å². The molecular weight excluding hydrogens is 246 g/mol. The van der Waals surface area contributed by atoms with Crippen molar-refractivity contribution in [2.45, 2.75) is 32.7 Å². The molecule has 0 aromatic heterocycles. The summed E-state index contributed by atoms with van der Waals surface area (Å²) in [5.74, 6) is -0.614. The molecule has 0 saturated heterocycles. The first-order valence-corrected chi connectivity index (χ1v) is 5.98. The lowest BCUT2D eigenvalue weighted by atomic mass is 10.3. The van der Waals surface area contributed by atoms with Gasteiger partial charge in [0, 0.05) is 18.8 Å². The molecule has 1 unspecified atom stereocenters. The van der Waals surface area contributed by atoms with E-state index in [-0.39, 0.29) is 18.2 Å². The Kier molecular flexibility index (Phi) is 8.13. The van der Waals surface area contributed by atoms with Crippen LogP contribution in [-0.4, -0.2) is 36.3 Å². The summed E-state index contributed by atoms with van der Waals surface area (Å²) in [6.45, 7) is 4.02. The van der Waals surface area contributed by atoms with Gasteiger partial charge in [-0.2, -0.15) is 0 Å². The quantitative estimate of drug-likeness (QED) is 0.605. The van der Waals surface area contributed by atoms with E-state index in [1.807, 2.05) is 6.92 Å². The minimum atomic E-state index is -0.695. The first-order valence-electron chi connectivity index (χ1n) is 5.45. The maximum Gasteiger partial charge on any atom is 0.322 e. The molecule has 0 radical (unpaired) electrons. The summed E-state index contributed by atoms with van der Waals surface area (Å²) in [4.78, 5) is 33.7. The molecule has 0 rings (SSSR count). The average Bonchev–Trinajstić information content (AvgIpc) is 2.25. The predicted molar refractivity (Wildman–Crippen MR) is 64.8 cm³/mol. The minimum Gasteiger partial charge on any atom is -0.354 e. The second-order valence-corrected chi connectivity index (χ2v) is 3.85. The third kappa shape index (κ3) is 7.57. The second-order valence-electron chi connectivity index (χ2n) is 3.47. The highest BCUT2D eigenvalue weighted by molar-refractivity contribution is 6.19. The molecule has 0 saturated carbocycles. The van der Waals surface area contributed by atoms with E-state index in [0.717, 1.165) is 6.42 Å². The highest BCUT2D eigenvalue weighted by Gasteiger charge is 2.15. The fraction of sp³-hybridized carbons (Fsp3) is 0.700. The molecule has 0 spiro atoms. The molecule has 3 N–H and O–H groups in total. The summed E-state index contributed by atoms with van der Waals surface area (Å²) < 4.78 is 0. The normalized spacial score (nSPS) is 11.5. The van der Waals surface area contributed by atoms with Gasteiger partial charge in [0.05, 0.1) is 0 Å². The van der Waals surface area contributed by atoms with Gasteiger partial charge in [0.15, 0.2) is 0 Å². The van der Waals surface area contributed by atoms with Gasteiger partial charge >= 0.3 is 6.03 Å². The van der Waals surface area contributed by atoms with E-state index in [4.69, 9.17) is 11.6 Å². The van der Waals surface area contributed by atoms with Crippen molar-refractivity contribution in [2.75, 3.05) is 12.4 Å². The van der Waals surface area contributed by atoms with Gasteiger partial charge in [-0.25, -0.2) is 4.79 Å². The van der Waals surface area contributed by atoms with Crippen LogP contribution in [0.2, 0.25) is 0 Å². The highest BCUT2D eigenvalue weighted by atomic mass is 35.5. The molecule has 0 fully saturated rings. The van der Waals surface area contributed by atoms with Crippen molar-refractivity contribution in [1.82, 2.24) is 16.0 Å². The van der Waals surface area contributed by atoms with Gasteiger partial charge in [0.25, 0.3) is 0 Å². The lowest BCUT2D eigenvalue weighted by Crippen LogP contribution is -2.49. The number of alkyl halides is 1. The number of hydrogen-bond donors (Lipinski definition) is 3. The van der Waals surface area contributed by atoms with Crippen LogP contribution in [0, 0.1) is 0 Å². The SMILES string of the molecule is CCCNC(=O)C(C)NC(=O)NC(=O)CCCl. The van der Waals surface area contributed by atoms with Gasteiger partial charge in [0.2, 0.25) is 11.8 Å². The van der Waals surface area contributed by atoms with Crippen LogP contribution < -0.4 is 16.0 Å². The van der Waals surface area contributed by atoms with Crippen LogP contribution in [0.1, 0.15) is 26.7 Å². The Bertz CT molecular complexity index is 284. The fourth-order valence-corrected chi connectivity index (χ4v) is 1.15. The molecule has 0 aromatic rings. The van der Waals surface area contributed by atoms with E-state index in [1.54, 1.807) is 0 Å². The van der Waals surface area contributed by atoms with Crippen molar-refractivity contribution in [2.24, 2.45) is 0 Å². The summed E-state index contributed by atoms with van der Waals surface area (Å²) in [6.07, 6.45) is 0.879. The van der Waals surface area contributed by atoms with E-state index < -0.39 is 18.0 Å². The van der Waals surface area contributed by atoms with Crippen molar-refractivity contribution in [3.05, 3.63) is 0 Å². The summed E-state index contributed by atoms with van der Waals surface area (Å²) in [7, 11) is 0. The topological polar surface area (TPSA) is 87.3 Å². The molecule has 0 aliphatic carbocycles. The van der Waals surface area contributed by atoms with Gasteiger partial charge < -0.3 is 10.6 Å². The van der Waals surface area contributed by atoms with Crippen molar-refractivity contribution >= 4 is 29.4 Å². The van der Waals surface area contributed by atoms with Crippen LogP contribution in [0.15, 0.2) is 0 Å². The highest BCUT2D eigenvalue weighted by Crippen LogP contribution is 1.86. The van der Waals surface area contributed by atoms with Crippen LogP contribution in [-0.2, 0) is 9.59 Å². The number of hydrogen-bond acceptors (Lipinski definition) is 3. The van der Waals surface area contributed by atoms with E-state index in [1.165, 1.54) is 6.92 Å². The summed E-state index contributed by atoms with van der Waals surface area (Å²) >= 11 is 5.34. The number of rotatable bonds is 6. The number of imide groups is 1. The second kappa shape index (κ2) is 8.81. The maximum atomic E-state index is 11.4. The molecule has 0 heterocycles. The Morgan fingerprint density at radius 2 is 1.94 bits per heavy atom. The molecule has 0 bridgehead atoms. The Hall–Kier alpha value is -1.30. The van der Waals surface area contributed by atoms with E-state index in [9.17, 15) is 14.4 Å². The summed E-state index contributed by atoms with van der Waals surface area (Å²) in [5.41, 5.74) is 0. The zero-order valence-corrected chi connectivity index (χ0v) is 10.8. The van der Waals surface area contributed by atoms with Crippen LogP contribution in [0.4, 0.5) is 4.79 Å². The van der Waals surface area contributed by atoms with Crippen LogP contribution in [0.25, 0.3) is 0 Å². The maximum absolute atomic E-state index is 11.4. The molecule has 4 amide bonds. The molecule has 98 valence electrons. The zero-order chi connectivity index (χ0) is 13.3. The fourth-order valence-electron chi connectivity index (χ4n) is 0.975. The smallest absolute Gasteiger partial charge is 0.322 e. The summed E-state index contributed by atoms with van der Waals surface area (Å²) in [5, 5.41) is 7.05. The Morgan fingerprint density at radius 1 is 1.29 bits per heavy atom. The van der Waals surface area contributed by atoms with Crippen molar-refractivity contribution in [3.8, 4) is 0 Å². The molecule has 1 atom stereocenters. The molecule has 0 aromatic carbocycles.